The number of hydrogen-bond acceptors (Lipinski definition) is 6. The molecule has 0 aliphatic carbocycles. The molecule has 1 N–H and O–H groups in total. The van der Waals surface area contributed by atoms with Gasteiger partial charge in [0.2, 0.25) is 0 Å². The van der Waals surface area contributed by atoms with Gasteiger partial charge in [0, 0.05) is 25.2 Å². The SMILES string of the molecule is CCOCOC[C@H](CC(C=O)COC)NC(=O)c1ccc(C#N)cc1. The van der Waals surface area contributed by atoms with E-state index in [9.17, 15) is 9.59 Å². The highest BCUT2D eigenvalue weighted by atomic mass is 16.7. The molecule has 1 aromatic carbocycles. The average Bonchev–Trinajstić information content (AvgIpc) is 2.64. The van der Waals surface area contributed by atoms with Crippen molar-refractivity contribution < 1.29 is 23.8 Å². The van der Waals surface area contributed by atoms with E-state index in [2.05, 4.69) is 5.32 Å². The number of amides is 1. The summed E-state index contributed by atoms with van der Waals surface area (Å²) >= 11 is 0. The molecule has 0 radical (unpaired) electrons. The maximum atomic E-state index is 12.4. The molecule has 7 heteroatoms. The zero-order valence-electron chi connectivity index (χ0n) is 14.6. The van der Waals surface area contributed by atoms with E-state index in [1.54, 1.807) is 24.3 Å². The number of hydrogen-bond donors (Lipinski definition) is 1. The zero-order valence-corrected chi connectivity index (χ0v) is 14.6. The largest absolute Gasteiger partial charge is 0.384 e. The Morgan fingerprint density at radius 1 is 1.28 bits per heavy atom. The lowest BCUT2D eigenvalue weighted by Crippen LogP contribution is -2.40. The molecule has 0 aromatic heterocycles. The lowest BCUT2D eigenvalue weighted by atomic mass is 10.0. The number of rotatable bonds is 12. The highest BCUT2D eigenvalue weighted by Gasteiger charge is 2.19. The van der Waals surface area contributed by atoms with Crippen LogP contribution in [-0.4, -0.2) is 52.0 Å². The van der Waals surface area contributed by atoms with Crippen LogP contribution in [0.2, 0.25) is 0 Å². The van der Waals surface area contributed by atoms with Crippen molar-refractivity contribution in [3.05, 3.63) is 35.4 Å². The topological polar surface area (TPSA) is 97.7 Å². The Bertz CT molecular complexity index is 568. The first-order chi connectivity index (χ1) is 12.1. The van der Waals surface area contributed by atoms with Crippen LogP contribution in [0.15, 0.2) is 24.3 Å². The molecule has 1 rings (SSSR count). The summed E-state index contributed by atoms with van der Waals surface area (Å²) in [6, 6.07) is 7.96. The predicted molar refractivity (Wildman–Crippen MR) is 90.9 cm³/mol. The molecule has 7 nitrogen and oxygen atoms in total. The summed E-state index contributed by atoms with van der Waals surface area (Å²) in [4.78, 5) is 23.5. The lowest BCUT2D eigenvalue weighted by molar-refractivity contribution is -0.113. The maximum absolute atomic E-state index is 12.4. The third-order valence-corrected chi connectivity index (χ3v) is 3.46. The van der Waals surface area contributed by atoms with E-state index < -0.39 is 0 Å². The average molecular weight is 348 g/mol. The number of benzene rings is 1. The molecule has 2 atom stereocenters. The van der Waals surface area contributed by atoms with Crippen molar-refractivity contribution in [1.82, 2.24) is 5.32 Å². The van der Waals surface area contributed by atoms with Crippen LogP contribution >= 0.6 is 0 Å². The Kier molecular flexibility index (Phi) is 10.1. The molecule has 136 valence electrons. The molecule has 25 heavy (non-hydrogen) atoms. The van der Waals surface area contributed by atoms with Crippen molar-refractivity contribution in [2.24, 2.45) is 5.92 Å². The van der Waals surface area contributed by atoms with Gasteiger partial charge in [0.05, 0.1) is 30.9 Å². The quantitative estimate of drug-likeness (QED) is 0.349. The molecule has 0 fully saturated rings. The first kappa shape index (κ1) is 20.8. The normalized spacial score (nSPS) is 12.8. The highest BCUT2D eigenvalue weighted by molar-refractivity contribution is 5.94. The number of nitriles is 1. The van der Waals surface area contributed by atoms with Crippen molar-refractivity contribution in [3.8, 4) is 6.07 Å². The summed E-state index contributed by atoms with van der Waals surface area (Å²) in [7, 11) is 1.52. The first-order valence-electron chi connectivity index (χ1n) is 8.05. The predicted octanol–water partition coefficient (Wildman–Crippen LogP) is 1.52. The van der Waals surface area contributed by atoms with Gasteiger partial charge in [-0.2, -0.15) is 5.26 Å². The molecule has 0 aliphatic heterocycles. The number of ether oxygens (including phenoxy) is 3. The van der Waals surface area contributed by atoms with Crippen molar-refractivity contribution >= 4 is 12.2 Å². The summed E-state index contributed by atoms with van der Waals surface area (Å²) in [6.45, 7) is 3.00. The molecule has 0 aliphatic rings. The van der Waals surface area contributed by atoms with Gasteiger partial charge in [-0.15, -0.1) is 0 Å². The summed E-state index contributed by atoms with van der Waals surface area (Å²) in [5.74, 6) is -0.636. The molecular weight excluding hydrogens is 324 g/mol. The van der Waals surface area contributed by atoms with E-state index in [-0.39, 0.29) is 37.9 Å². The maximum Gasteiger partial charge on any atom is 0.251 e. The van der Waals surface area contributed by atoms with Crippen LogP contribution in [0, 0.1) is 17.2 Å². The number of methoxy groups -OCH3 is 1. The zero-order chi connectivity index (χ0) is 18.5. The summed E-state index contributed by atoms with van der Waals surface area (Å²) in [5.41, 5.74) is 0.914. The van der Waals surface area contributed by atoms with Crippen molar-refractivity contribution in [1.29, 1.82) is 5.26 Å². The molecule has 1 amide bonds. The minimum absolute atomic E-state index is 0.121. The van der Waals surface area contributed by atoms with E-state index in [1.807, 2.05) is 13.0 Å². The number of carbonyl (C=O) groups excluding carboxylic acids is 2. The molecule has 1 aromatic rings. The standard InChI is InChI=1S/C18H24N2O5/c1-3-24-13-25-12-17(8-15(10-21)11-23-2)20-18(22)16-6-4-14(9-19)5-7-16/h4-7,10,15,17H,3,8,11-13H2,1-2H3,(H,20,22)/t15?,17-/m0/s1. The van der Waals surface area contributed by atoms with Crippen LogP contribution < -0.4 is 5.32 Å². The first-order valence-corrected chi connectivity index (χ1v) is 8.05. The van der Waals surface area contributed by atoms with Gasteiger partial charge in [0.15, 0.2) is 0 Å². The fourth-order valence-corrected chi connectivity index (χ4v) is 2.21. The monoisotopic (exact) mass is 348 g/mol. The Hall–Kier alpha value is -2.27. The van der Waals surface area contributed by atoms with Gasteiger partial charge in [0.1, 0.15) is 13.1 Å². The van der Waals surface area contributed by atoms with Gasteiger partial charge in [-0.3, -0.25) is 4.79 Å². The molecule has 0 saturated carbocycles. The minimum atomic E-state index is -0.367. The van der Waals surface area contributed by atoms with Gasteiger partial charge in [-0.25, -0.2) is 0 Å². The summed E-state index contributed by atoms with van der Waals surface area (Å²) in [5, 5.41) is 11.7. The van der Waals surface area contributed by atoms with Crippen LogP contribution in [0.1, 0.15) is 29.3 Å². The highest BCUT2D eigenvalue weighted by Crippen LogP contribution is 2.09. The number of aldehydes is 1. The molecule has 0 spiro atoms. The van der Waals surface area contributed by atoms with Gasteiger partial charge >= 0.3 is 0 Å². The lowest BCUT2D eigenvalue weighted by Gasteiger charge is -2.21. The van der Waals surface area contributed by atoms with Crippen LogP contribution in [-0.2, 0) is 19.0 Å². The van der Waals surface area contributed by atoms with Crippen LogP contribution in [0.3, 0.4) is 0 Å². The molecule has 0 saturated heterocycles. The van der Waals surface area contributed by atoms with Gasteiger partial charge in [-0.05, 0) is 37.6 Å². The third kappa shape index (κ3) is 7.90. The number of nitrogens with zero attached hydrogens (tertiary/aromatic N) is 1. The minimum Gasteiger partial charge on any atom is -0.384 e. The Morgan fingerprint density at radius 2 is 2.00 bits per heavy atom. The second-order valence-corrected chi connectivity index (χ2v) is 5.43. The Balaban J connectivity index is 2.69. The van der Waals surface area contributed by atoms with E-state index in [4.69, 9.17) is 19.5 Å². The Morgan fingerprint density at radius 3 is 2.56 bits per heavy atom. The summed E-state index contributed by atoms with van der Waals surface area (Å²) in [6.07, 6.45) is 1.21. The number of nitrogens with one attached hydrogen (secondary N) is 1. The van der Waals surface area contributed by atoms with E-state index >= 15 is 0 Å². The smallest absolute Gasteiger partial charge is 0.251 e. The van der Waals surface area contributed by atoms with Gasteiger partial charge in [0.25, 0.3) is 5.91 Å². The fraction of sp³-hybridized carbons (Fsp3) is 0.500. The van der Waals surface area contributed by atoms with Gasteiger partial charge in [-0.1, -0.05) is 0 Å². The third-order valence-electron chi connectivity index (χ3n) is 3.46. The molecule has 1 unspecified atom stereocenters. The van der Waals surface area contributed by atoms with Crippen molar-refractivity contribution in [2.45, 2.75) is 19.4 Å². The van der Waals surface area contributed by atoms with E-state index in [0.717, 1.165) is 6.29 Å². The van der Waals surface area contributed by atoms with E-state index in [1.165, 1.54) is 7.11 Å². The number of carbonyl (C=O) groups is 2. The van der Waals surface area contributed by atoms with Crippen molar-refractivity contribution in [2.75, 3.05) is 33.7 Å². The van der Waals surface area contributed by atoms with Crippen LogP contribution in [0.25, 0.3) is 0 Å². The Labute approximate surface area is 147 Å². The molecular formula is C18H24N2O5. The summed E-state index contributed by atoms with van der Waals surface area (Å²) < 4.78 is 15.5. The van der Waals surface area contributed by atoms with Crippen molar-refractivity contribution in [3.63, 3.8) is 0 Å². The second kappa shape index (κ2) is 12.1. The molecule has 0 bridgehead atoms. The fourth-order valence-electron chi connectivity index (χ4n) is 2.21. The second-order valence-electron chi connectivity index (χ2n) is 5.43. The van der Waals surface area contributed by atoms with Gasteiger partial charge < -0.3 is 24.3 Å². The van der Waals surface area contributed by atoms with E-state index in [0.29, 0.717) is 24.2 Å². The molecule has 0 heterocycles. The van der Waals surface area contributed by atoms with Crippen LogP contribution in [0.5, 0.6) is 0 Å². The van der Waals surface area contributed by atoms with Crippen LogP contribution in [0.4, 0.5) is 0 Å².